The molecule has 1 unspecified atom stereocenters. The van der Waals surface area contributed by atoms with Crippen molar-refractivity contribution in [1.82, 2.24) is 15.6 Å². The van der Waals surface area contributed by atoms with E-state index < -0.39 is 5.54 Å². The lowest BCUT2D eigenvalue weighted by Gasteiger charge is -2.28. The van der Waals surface area contributed by atoms with E-state index in [4.69, 9.17) is 0 Å². The average Bonchev–Trinajstić information content (AvgIpc) is 2.88. The summed E-state index contributed by atoms with van der Waals surface area (Å²) < 4.78 is 0. The van der Waals surface area contributed by atoms with Gasteiger partial charge in [-0.2, -0.15) is 0 Å². The van der Waals surface area contributed by atoms with Crippen LogP contribution < -0.4 is 10.6 Å². The predicted molar refractivity (Wildman–Crippen MR) is 84.1 cm³/mol. The maximum absolute atomic E-state index is 11.9. The molecule has 2 amide bonds. The Labute approximate surface area is 124 Å². The van der Waals surface area contributed by atoms with Crippen LogP contribution in [0.4, 0.5) is 4.79 Å². The van der Waals surface area contributed by atoms with E-state index in [0.29, 0.717) is 6.54 Å². The van der Waals surface area contributed by atoms with E-state index in [1.807, 2.05) is 44.2 Å². The van der Waals surface area contributed by atoms with Crippen LogP contribution in [0.3, 0.4) is 0 Å². The molecule has 2 rings (SSSR count). The van der Waals surface area contributed by atoms with Gasteiger partial charge in [-0.15, -0.1) is 0 Å². The van der Waals surface area contributed by atoms with Gasteiger partial charge in [0.25, 0.3) is 0 Å². The highest BCUT2D eigenvalue weighted by atomic mass is 16.3. The molecule has 1 atom stereocenters. The van der Waals surface area contributed by atoms with Crippen LogP contribution in [0, 0.1) is 0 Å². The highest BCUT2D eigenvalue weighted by molar-refractivity contribution is 5.80. The van der Waals surface area contributed by atoms with Crippen molar-refractivity contribution in [2.45, 2.75) is 38.8 Å². The first-order valence-corrected chi connectivity index (χ1v) is 7.30. The number of aromatic nitrogens is 1. The predicted octanol–water partition coefficient (Wildman–Crippen LogP) is 2.52. The first kappa shape index (κ1) is 15.4. The van der Waals surface area contributed by atoms with Crippen molar-refractivity contribution in [1.29, 1.82) is 0 Å². The molecule has 0 aliphatic rings. The van der Waals surface area contributed by atoms with Crippen LogP contribution in [0.25, 0.3) is 10.9 Å². The number of carbonyl (C=O) groups is 1. The summed E-state index contributed by atoms with van der Waals surface area (Å²) >= 11 is 0. The maximum atomic E-state index is 11.9. The number of para-hydroxylation sites is 1. The van der Waals surface area contributed by atoms with E-state index in [-0.39, 0.29) is 12.6 Å². The summed E-state index contributed by atoms with van der Waals surface area (Å²) in [7, 11) is 0. The van der Waals surface area contributed by atoms with Crippen LogP contribution in [-0.2, 0) is 6.54 Å². The Morgan fingerprint density at radius 1 is 1.38 bits per heavy atom. The van der Waals surface area contributed by atoms with E-state index >= 15 is 0 Å². The number of rotatable bonds is 6. The lowest BCUT2D eigenvalue weighted by Crippen LogP contribution is -2.52. The fourth-order valence-corrected chi connectivity index (χ4v) is 2.46. The molecule has 0 radical (unpaired) electrons. The third kappa shape index (κ3) is 3.98. The van der Waals surface area contributed by atoms with Gasteiger partial charge >= 0.3 is 6.03 Å². The van der Waals surface area contributed by atoms with Gasteiger partial charge in [-0.25, -0.2) is 4.79 Å². The second-order valence-corrected chi connectivity index (χ2v) is 5.66. The fraction of sp³-hybridized carbons (Fsp3) is 0.438. The van der Waals surface area contributed by atoms with Crippen LogP contribution in [0.2, 0.25) is 0 Å². The molecule has 0 aliphatic heterocycles. The van der Waals surface area contributed by atoms with Crippen LogP contribution in [0.5, 0.6) is 0 Å². The summed E-state index contributed by atoms with van der Waals surface area (Å²) in [5.74, 6) is 0. The Balaban J connectivity index is 1.91. The molecule has 0 saturated carbocycles. The number of nitrogens with one attached hydrogen (secondary N) is 3. The Kier molecular flexibility index (Phi) is 4.85. The highest BCUT2D eigenvalue weighted by Gasteiger charge is 2.24. The largest absolute Gasteiger partial charge is 0.394 e. The second kappa shape index (κ2) is 6.63. The van der Waals surface area contributed by atoms with Gasteiger partial charge in [-0.3, -0.25) is 0 Å². The first-order chi connectivity index (χ1) is 10.1. The second-order valence-electron chi connectivity index (χ2n) is 5.66. The van der Waals surface area contributed by atoms with Crippen molar-refractivity contribution in [3.63, 3.8) is 0 Å². The number of aliphatic hydroxyl groups is 1. The van der Waals surface area contributed by atoms with Crippen LogP contribution in [0.1, 0.15) is 32.4 Å². The van der Waals surface area contributed by atoms with Gasteiger partial charge in [0.1, 0.15) is 0 Å². The average molecular weight is 289 g/mol. The summed E-state index contributed by atoms with van der Waals surface area (Å²) in [5, 5.41) is 16.2. The molecular weight excluding hydrogens is 266 g/mol. The van der Waals surface area contributed by atoms with E-state index in [9.17, 15) is 9.90 Å². The molecule has 5 nitrogen and oxygen atoms in total. The number of benzene rings is 1. The number of hydrogen-bond acceptors (Lipinski definition) is 2. The van der Waals surface area contributed by atoms with Gasteiger partial charge in [0.05, 0.1) is 18.7 Å². The summed E-state index contributed by atoms with van der Waals surface area (Å²) in [6, 6.07) is 9.74. The molecule has 0 fully saturated rings. The number of urea groups is 1. The molecule has 0 bridgehead atoms. The number of carbonyl (C=O) groups excluding carboxylic acids is 1. The number of aliphatic hydroxyl groups excluding tert-OH is 1. The van der Waals surface area contributed by atoms with Crippen LogP contribution in [0.15, 0.2) is 30.3 Å². The fourth-order valence-electron chi connectivity index (χ4n) is 2.46. The van der Waals surface area contributed by atoms with Crippen LogP contribution in [-0.4, -0.2) is 28.3 Å². The van der Waals surface area contributed by atoms with Crippen molar-refractivity contribution >= 4 is 16.9 Å². The minimum absolute atomic E-state index is 0.0688. The van der Waals surface area contributed by atoms with Gasteiger partial charge in [-0.1, -0.05) is 31.5 Å². The van der Waals surface area contributed by atoms with Crippen molar-refractivity contribution in [3.05, 3.63) is 36.0 Å². The summed E-state index contributed by atoms with van der Waals surface area (Å²) in [6.45, 7) is 4.23. The zero-order valence-electron chi connectivity index (χ0n) is 12.6. The van der Waals surface area contributed by atoms with Crippen molar-refractivity contribution < 1.29 is 9.90 Å². The topological polar surface area (TPSA) is 77.2 Å². The number of aromatic amines is 1. The number of fused-ring (bicyclic) bond motifs is 1. The van der Waals surface area contributed by atoms with Gasteiger partial charge in [-0.05, 0) is 30.9 Å². The Morgan fingerprint density at radius 3 is 2.81 bits per heavy atom. The van der Waals surface area contributed by atoms with Gasteiger partial charge in [0, 0.05) is 11.2 Å². The lowest BCUT2D eigenvalue weighted by molar-refractivity contribution is 0.163. The van der Waals surface area contributed by atoms with Crippen molar-refractivity contribution in [2.75, 3.05) is 6.61 Å². The molecule has 0 aliphatic carbocycles. The molecule has 1 heterocycles. The maximum Gasteiger partial charge on any atom is 0.315 e. The molecule has 2 aromatic rings. The third-order valence-corrected chi connectivity index (χ3v) is 3.59. The summed E-state index contributed by atoms with van der Waals surface area (Å²) in [4.78, 5) is 15.2. The molecule has 4 N–H and O–H groups in total. The van der Waals surface area contributed by atoms with Gasteiger partial charge < -0.3 is 20.7 Å². The number of amides is 2. The Morgan fingerprint density at radius 2 is 2.14 bits per heavy atom. The minimum Gasteiger partial charge on any atom is -0.394 e. The van der Waals surface area contributed by atoms with E-state index in [1.54, 1.807) is 0 Å². The monoisotopic (exact) mass is 289 g/mol. The lowest BCUT2D eigenvalue weighted by atomic mass is 9.98. The quantitative estimate of drug-likeness (QED) is 0.659. The minimum atomic E-state index is -0.570. The normalized spacial score (nSPS) is 13.9. The van der Waals surface area contributed by atoms with E-state index in [2.05, 4.69) is 15.6 Å². The zero-order chi connectivity index (χ0) is 15.3. The van der Waals surface area contributed by atoms with Gasteiger partial charge in [0.2, 0.25) is 0 Å². The van der Waals surface area contributed by atoms with Crippen LogP contribution >= 0.6 is 0 Å². The number of H-pyrrole nitrogens is 1. The standard InChI is InChI=1S/C16H23N3O2/c1-3-8-16(2,11-20)19-15(21)17-10-13-9-12-6-4-5-7-14(12)18-13/h4-7,9,18,20H,3,8,10-11H2,1-2H3,(H2,17,19,21). The van der Waals surface area contributed by atoms with E-state index in [0.717, 1.165) is 29.4 Å². The highest BCUT2D eigenvalue weighted by Crippen LogP contribution is 2.14. The molecule has 1 aromatic heterocycles. The number of hydrogen-bond donors (Lipinski definition) is 4. The van der Waals surface area contributed by atoms with Gasteiger partial charge in [0.15, 0.2) is 0 Å². The molecule has 21 heavy (non-hydrogen) atoms. The SMILES string of the molecule is CCCC(C)(CO)NC(=O)NCc1cc2ccccc2[nH]1. The summed E-state index contributed by atoms with van der Waals surface area (Å²) in [5.41, 5.74) is 1.44. The van der Waals surface area contributed by atoms with Crippen molar-refractivity contribution in [2.24, 2.45) is 0 Å². The first-order valence-electron chi connectivity index (χ1n) is 7.30. The molecule has 114 valence electrons. The third-order valence-electron chi connectivity index (χ3n) is 3.59. The Hall–Kier alpha value is -2.01. The van der Waals surface area contributed by atoms with Crippen molar-refractivity contribution in [3.8, 4) is 0 Å². The zero-order valence-corrected chi connectivity index (χ0v) is 12.6. The molecule has 1 aromatic carbocycles. The Bertz CT molecular complexity index is 575. The molecule has 0 spiro atoms. The molecule has 5 heteroatoms. The smallest absolute Gasteiger partial charge is 0.315 e. The molecule has 0 saturated heterocycles. The molecular formula is C16H23N3O2. The summed E-state index contributed by atoms with van der Waals surface area (Å²) in [6.07, 6.45) is 1.64. The van der Waals surface area contributed by atoms with E-state index in [1.165, 1.54) is 0 Å².